The molecule has 1 aromatic rings. The van der Waals surface area contributed by atoms with E-state index in [2.05, 4.69) is 5.10 Å². The first-order valence-electron chi connectivity index (χ1n) is 6.68. The van der Waals surface area contributed by atoms with E-state index in [1.807, 2.05) is 27.7 Å². The summed E-state index contributed by atoms with van der Waals surface area (Å²) in [6.07, 6.45) is 2.81. The number of ketones is 1. The minimum Gasteiger partial charge on any atom is -0.493 e. The van der Waals surface area contributed by atoms with Gasteiger partial charge in [-0.25, -0.2) is 0 Å². The predicted molar refractivity (Wildman–Crippen MR) is 73.8 cm³/mol. The highest BCUT2D eigenvalue weighted by molar-refractivity contribution is 6.03. The molecule has 0 unspecified atom stereocenters. The maximum absolute atomic E-state index is 12.9. The Morgan fingerprint density at radius 3 is 2.32 bits per heavy atom. The number of ether oxygens (including phenoxy) is 2. The van der Waals surface area contributed by atoms with Gasteiger partial charge in [0.2, 0.25) is 5.78 Å². The SMILES string of the molecule is CCC(CC)(OC)C(=O)c1c(OC)cnn1C(C)C. The lowest BCUT2D eigenvalue weighted by molar-refractivity contribution is -0.00375. The van der Waals surface area contributed by atoms with E-state index in [0.717, 1.165) is 0 Å². The van der Waals surface area contributed by atoms with Crippen LogP contribution in [0.3, 0.4) is 0 Å². The summed E-state index contributed by atoms with van der Waals surface area (Å²) in [5.41, 5.74) is -0.317. The smallest absolute Gasteiger partial charge is 0.216 e. The molecule has 19 heavy (non-hydrogen) atoms. The molecule has 108 valence electrons. The number of Topliss-reactive ketones (excluding diaryl/α,β-unsaturated/α-hetero) is 1. The highest BCUT2D eigenvalue weighted by Crippen LogP contribution is 2.30. The van der Waals surface area contributed by atoms with Crippen molar-refractivity contribution >= 4 is 5.78 Å². The number of hydrogen-bond acceptors (Lipinski definition) is 4. The quantitative estimate of drug-likeness (QED) is 0.713. The molecule has 0 N–H and O–H groups in total. The molecule has 0 radical (unpaired) electrons. The first kappa shape index (κ1) is 15.7. The van der Waals surface area contributed by atoms with Gasteiger partial charge in [-0.05, 0) is 26.7 Å². The van der Waals surface area contributed by atoms with Gasteiger partial charge >= 0.3 is 0 Å². The Bertz CT molecular complexity index is 426. The van der Waals surface area contributed by atoms with Crippen LogP contribution in [-0.2, 0) is 4.74 Å². The van der Waals surface area contributed by atoms with Crippen molar-refractivity contribution in [1.82, 2.24) is 9.78 Å². The number of rotatable bonds is 7. The third-order valence-corrected chi connectivity index (χ3v) is 3.63. The molecule has 0 fully saturated rings. The van der Waals surface area contributed by atoms with E-state index in [1.165, 1.54) is 0 Å². The van der Waals surface area contributed by atoms with Crippen molar-refractivity contribution in [2.45, 2.75) is 52.2 Å². The van der Waals surface area contributed by atoms with Gasteiger partial charge in [0.25, 0.3) is 0 Å². The molecule has 5 heteroatoms. The molecule has 1 aromatic heterocycles. The fourth-order valence-corrected chi connectivity index (χ4v) is 2.27. The van der Waals surface area contributed by atoms with Gasteiger partial charge in [-0.2, -0.15) is 5.10 Å². The molecule has 0 aromatic carbocycles. The average Bonchev–Trinajstić information content (AvgIpc) is 2.84. The fraction of sp³-hybridized carbons (Fsp3) is 0.714. The number of hydrogen-bond donors (Lipinski definition) is 0. The van der Waals surface area contributed by atoms with Gasteiger partial charge in [0.05, 0.1) is 13.3 Å². The molecule has 0 amide bonds. The second-order valence-electron chi connectivity index (χ2n) is 4.83. The number of carbonyl (C=O) groups is 1. The standard InChI is InChI=1S/C14H24N2O3/c1-7-14(8-2,19-6)13(17)12-11(18-5)9-15-16(12)10(3)4/h9-10H,7-8H2,1-6H3. The summed E-state index contributed by atoms with van der Waals surface area (Å²) < 4.78 is 12.5. The van der Waals surface area contributed by atoms with Crippen LogP contribution in [0.15, 0.2) is 6.20 Å². The Morgan fingerprint density at radius 1 is 1.37 bits per heavy atom. The Balaban J connectivity index is 3.35. The van der Waals surface area contributed by atoms with Gasteiger partial charge in [0, 0.05) is 13.2 Å². The minimum atomic E-state index is -0.806. The van der Waals surface area contributed by atoms with Gasteiger partial charge in [-0.1, -0.05) is 13.8 Å². The number of methoxy groups -OCH3 is 2. The van der Waals surface area contributed by atoms with E-state index in [9.17, 15) is 4.79 Å². The zero-order valence-corrected chi connectivity index (χ0v) is 12.7. The number of carbonyl (C=O) groups excluding carboxylic acids is 1. The van der Waals surface area contributed by atoms with Crippen LogP contribution in [0.5, 0.6) is 5.75 Å². The van der Waals surface area contributed by atoms with Crippen LogP contribution in [0.4, 0.5) is 0 Å². The second-order valence-corrected chi connectivity index (χ2v) is 4.83. The molecule has 1 heterocycles. The largest absolute Gasteiger partial charge is 0.493 e. The minimum absolute atomic E-state index is 0.0666. The van der Waals surface area contributed by atoms with E-state index in [0.29, 0.717) is 24.3 Å². The van der Waals surface area contributed by atoms with Crippen LogP contribution in [0.1, 0.15) is 57.1 Å². The van der Waals surface area contributed by atoms with E-state index in [1.54, 1.807) is 25.1 Å². The summed E-state index contributed by atoms with van der Waals surface area (Å²) in [5, 5.41) is 4.24. The lowest BCUT2D eigenvalue weighted by Gasteiger charge is -2.29. The van der Waals surface area contributed by atoms with Crippen LogP contribution in [0.2, 0.25) is 0 Å². The van der Waals surface area contributed by atoms with Crippen molar-refractivity contribution in [3.05, 3.63) is 11.9 Å². The van der Waals surface area contributed by atoms with Crippen LogP contribution in [0.25, 0.3) is 0 Å². The van der Waals surface area contributed by atoms with Crippen molar-refractivity contribution in [2.24, 2.45) is 0 Å². The predicted octanol–water partition coefficient (Wildman–Crippen LogP) is 2.86. The molecule has 0 aliphatic rings. The molecule has 0 saturated heterocycles. The third kappa shape index (κ3) is 2.66. The molecule has 0 atom stereocenters. The average molecular weight is 268 g/mol. The topological polar surface area (TPSA) is 53.4 Å². The third-order valence-electron chi connectivity index (χ3n) is 3.63. The van der Waals surface area contributed by atoms with Crippen molar-refractivity contribution < 1.29 is 14.3 Å². The van der Waals surface area contributed by atoms with E-state index >= 15 is 0 Å². The Labute approximate surface area is 114 Å². The summed E-state index contributed by atoms with van der Waals surface area (Å²) >= 11 is 0. The van der Waals surface area contributed by atoms with Crippen LogP contribution in [-0.4, -0.2) is 35.4 Å². The van der Waals surface area contributed by atoms with Crippen molar-refractivity contribution in [1.29, 1.82) is 0 Å². The Morgan fingerprint density at radius 2 is 1.95 bits per heavy atom. The zero-order chi connectivity index (χ0) is 14.6. The van der Waals surface area contributed by atoms with E-state index in [4.69, 9.17) is 9.47 Å². The Kier molecular flexibility index (Phi) is 5.11. The molecule has 0 saturated carbocycles. The highest BCUT2D eigenvalue weighted by atomic mass is 16.5. The summed E-state index contributed by atoms with van der Waals surface area (Å²) in [6, 6.07) is 0.0890. The second kappa shape index (κ2) is 6.19. The number of aromatic nitrogens is 2. The molecule has 0 bridgehead atoms. The molecular weight excluding hydrogens is 244 g/mol. The summed E-state index contributed by atoms with van der Waals surface area (Å²) in [5.74, 6) is 0.435. The van der Waals surface area contributed by atoms with Crippen LogP contribution in [0, 0.1) is 0 Å². The summed E-state index contributed by atoms with van der Waals surface area (Å²) in [7, 11) is 3.12. The fourth-order valence-electron chi connectivity index (χ4n) is 2.27. The molecule has 5 nitrogen and oxygen atoms in total. The Hall–Kier alpha value is -1.36. The molecule has 0 spiro atoms. The molecule has 0 aliphatic heterocycles. The summed E-state index contributed by atoms with van der Waals surface area (Å²) in [6.45, 7) is 7.87. The number of nitrogens with zero attached hydrogens (tertiary/aromatic N) is 2. The summed E-state index contributed by atoms with van der Waals surface area (Å²) in [4.78, 5) is 12.9. The van der Waals surface area contributed by atoms with Gasteiger partial charge < -0.3 is 9.47 Å². The highest BCUT2D eigenvalue weighted by Gasteiger charge is 2.39. The lowest BCUT2D eigenvalue weighted by Crippen LogP contribution is -2.41. The van der Waals surface area contributed by atoms with Gasteiger partial charge in [-0.15, -0.1) is 0 Å². The zero-order valence-electron chi connectivity index (χ0n) is 12.7. The van der Waals surface area contributed by atoms with Gasteiger partial charge in [-0.3, -0.25) is 9.48 Å². The van der Waals surface area contributed by atoms with Gasteiger partial charge in [0.1, 0.15) is 11.3 Å². The first-order chi connectivity index (χ1) is 8.97. The van der Waals surface area contributed by atoms with E-state index in [-0.39, 0.29) is 11.8 Å². The van der Waals surface area contributed by atoms with E-state index < -0.39 is 5.60 Å². The maximum Gasteiger partial charge on any atom is 0.216 e. The monoisotopic (exact) mass is 268 g/mol. The van der Waals surface area contributed by atoms with Crippen molar-refractivity contribution in [3.8, 4) is 5.75 Å². The van der Waals surface area contributed by atoms with Crippen molar-refractivity contribution in [3.63, 3.8) is 0 Å². The molecular formula is C14H24N2O3. The van der Waals surface area contributed by atoms with Gasteiger partial charge in [0.15, 0.2) is 5.75 Å². The maximum atomic E-state index is 12.9. The first-order valence-corrected chi connectivity index (χ1v) is 6.68. The molecule has 1 rings (SSSR count). The lowest BCUT2D eigenvalue weighted by atomic mass is 9.89. The normalized spacial score (nSPS) is 11.9. The van der Waals surface area contributed by atoms with Crippen LogP contribution >= 0.6 is 0 Å². The van der Waals surface area contributed by atoms with Crippen LogP contribution < -0.4 is 4.74 Å². The van der Waals surface area contributed by atoms with Crippen molar-refractivity contribution in [2.75, 3.05) is 14.2 Å². The molecule has 0 aliphatic carbocycles.